The highest BCUT2D eigenvalue weighted by molar-refractivity contribution is 9.10. The number of rotatable bonds is 3. The van der Waals surface area contributed by atoms with Crippen LogP contribution in [0.2, 0.25) is 0 Å². The normalized spacial score (nSPS) is 16.5. The van der Waals surface area contributed by atoms with Crippen molar-refractivity contribution in [1.82, 2.24) is 0 Å². The zero-order valence-corrected chi connectivity index (χ0v) is 21.6. The first kappa shape index (κ1) is 24.9. The first-order valence-electron chi connectivity index (χ1n) is 11.4. The van der Waals surface area contributed by atoms with Gasteiger partial charge < -0.3 is 19.5 Å². The smallest absolute Gasteiger partial charge is 0.399 e. The van der Waals surface area contributed by atoms with Crippen molar-refractivity contribution in [3.05, 3.63) is 88.4 Å². The highest BCUT2D eigenvalue weighted by Gasteiger charge is 2.52. The molecule has 4 aromatic carbocycles. The molecule has 5 rings (SSSR count). The lowest BCUT2D eigenvalue weighted by atomic mass is 9.75. The molecule has 0 unspecified atom stereocenters. The largest absolute Gasteiger partial charge is 0.495 e. The van der Waals surface area contributed by atoms with Gasteiger partial charge >= 0.3 is 7.12 Å². The molecule has 1 saturated heterocycles. The molecule has 0 atom stereocenters. The topological polar surface area (TPSA) is 58.9 Å². The summed E-state index contributed by atoms with van der Waals surface area (Å²) in [6.07, 6.45) is 0. The summed E-state index contributed by atoms with van der Waals surface area (Å²) in [6, 6.07) is 23.9. The summed E-state index contributed by atoms with van der Waals surface area (Å²) in [5.41, 5.74) is 2.20. The fourth-order valence-electron chi connectivity index (χ4n) is 4.16. The van der Waals surface area contributed by atoms with Gasteiger partial charge in [-0.1, -0.05) is 82.7 Å². The van der Waals surface area contributed by atoms with Crippen molar-refractivity contribution < 1.29 is 19.5 Å². The third-order valence-electron chi connectivity index (χ3n) is 6.86. The molecule has 1 heterocycles. The maximum atomic E-state index is 9.50. The van der Waals surface area contributed by atoms with Crippen molar-refractivity contribution in [3.63, 3.8) is 0 Å². The first-order chi connectivity index (χ1) is 16.2. The van der Waals surface area contributed by atoms with Crippen LogP contribution in [0.25, 0.3) is 21.5 Å². The second-order valence-corrected chi connectivity index (χ2v) is 10.4. The van der Waals surface area contributed by atoms with E-state index in [0.29, 0.717) is 0 Å². The molecule has 0 amide bonds. The number of fused-ring (bicyclic) bond motifs is 2. The Morgan fingerprint density at radius 2 is 1.09 bits per heavy atom. The van der Waals surface area contributed by atoms with Gasteiger partial charge in [0.15, 0.2) is 0 Å². The standard InChI is InChI=1S/C17H21BO3.C11H9BrO/c1-16(2)17(3,4)21-18(20-16)15-10-9-12(11-19)13-7-5-6-8-14(13)15;12-11-6-5-8(7-13)9-3-1-2-4-10(9)11/h5-10,19H,11H2,1-4H3;1-6,13H,7H2. The molecule has 1 fully saturated rings. The number of hydrogen-bond donors (Lipinski definition) is 2. The van der Waals surface area contributed by atoms with E-state index in [-0.39, 0.29) is 31.5 Å². The van der Waals surface area contributed by atoms with Gasteiger partial charge in [0, 0.05) is 4.47 Å². The summed E-state index contributed by atoms with van der Waals surface area (Å²) < 4.78 is 13.4. The van der Waals surface area contributed by atoms with E-state index in [2.05, 4.69) is 49.7 Å². The van der Waals surface area contributed by atoms with Gasteiger partial charge in [0.25, 0.3) is 0 Å². The van der Waals surface area contributed by atoms with Crippen molar-refractivity contribution in [2.45, 2.75) is 52.1 Å². The highest BCUT2D eigenvalue weighted by atomic mass is 79.9. The van der Waals surface area contributed by atoms with Gasteiger partial charge in [0.2, 0.25) is 0 Å². The molecule has 0 radical (unpaired) electrons. The summed E-state index contributed by atoms with van der Waals surface area (Å²) in [5, 5.41) is 23.0. The van der Waals surface area contributed by atoms with E-state index in [4.69, 9.17) is 14.4 Å². The SMILES string of the molecule is CC1(C)OB(c2ccc(CO)c3ccccc23)OC1(C)C.OCc1ccc(Br)c2ccccc12. The second kappa shape index (κ2) is 9.80. The molecule has 0 bridgehead atoms. The number of hydrogen-bond acceptors (Lipinski definition) is 4. The second-order valence-electron chi connectivity index (χ2n) is 9.52. The Morgan fingerprint density at radius 1 is 0.647 bits per heavy atom. The van der Waals surface area contributed by atoms with E-state index in [1.165, 1.54) is 0 Å². The molecule has 176 valence electrons. The van der Waals surface area contributed by atoms with Crippen LogP contribution < -0.4 is 5.46 Å². The summed E-state index contributed by atoms with van der Waals surface area (Å²) in [5.74, 6) is 0. The number of benzene rings is 4. The van der Waals surface area contributed by atoms with Crippen molar-refractivity contribution in [2.24, 2.45) is 0 Å². The van der Waals surface area contributed by atoms with Gasteiger partial charge in [0.1, 0.15) is 0 Å². The Bertz CT molecular complexity index is 1300. The summed E-state index contributed by atoms with van der Waals surface area (Å²) in [4.78, 5) is 0. The predicted molar refractivity (Wildman–Crippen MR) is 143 cm³/mol. The third-order valence-corrected chi connectivity index (χ3v) is 7.55. The Balaban J connectivity index is 0.000000180. The van der Waals surface area contributed by atoms with E-state index in [1.54, 1.807) is 0 Å². The molecule has 1 aliphatic heterocycles. The van der Waals surface area contributed by atoms with Crippen LogP contribution in [0.15, 0.2) is 77.3 Å². The first-order valence-corrected chi connectivity index (χ1v) is 12.2. The Kier molecular flexibility index (Phi) is 7.18. The van der Waals surface area contributed by atoms with Gasteiger partial charge in [-0.05, 0) is 71.9 Å². The maximum absolute atomic E-state index is 9.50. The monoisotopic (exact) mass is 520 g/mol. The average molecular weight is 521 g/mol. The van der Waals surface area contributed by atoms with Crippen LogP contribution in [0.3, 0.4) is 0 Å². The minimum absolute atomic E-state index is 0.0319. The van der Waals surface area contributed by atoms with Crippen LogP contribution in [-0.2, 0) is 22.5 Å². The molecule has 6 heteroatoms. The quantitative estimate of drug-likeness (QED) is 0.339. The maximum Gasteiger partial charge on any atom is 0.495 e. The van der Waals surface area contributed by atoms with Gasteiger partial charge in [-0.15, -0.1) is 0 Å². The van der Waals surface area contributed by atoms with Crippen LogP contribution in [0.1, 0.15) is 38.8 Å². The van der Waals surface area contributed by atoms with E-state index in [1.807, 2.05) is 66.7 Å². The molecular formula is C28H30BBrO4. The van der Waals surface area contributed by atoms with Gasteiger partial charge in [-0.25, -0.2) is 0 Å². The number of aliphatic hydroxyl groups is 2. The summed E-state index contributed by atoms with van der Waals surface area (Å²) in [6.45, 7) is 8.33. The molecule has 34 heavy (non-hydrogen) atoms. The molecule has 0 spiro atoms. The van der Waals surface area contributed by atoms with E-state index < -0.39 is 0 Å². The van der Waals surface area contributed by atoms with Gasteiger partial charge in [-0.3, -0.25) is 0 Å². The van der Waals surface area contributed by atoms with Crippen LogP contribution >= 0.6 is 15.9 Å². The van der Waals surface area contributed by atoms with E-state index in [0.717, 1.165) is 42.6 Å². The van der Waals surface area contributed by atoms with Crippen molar-refractivity contribution >= 4 is 50.1 Å². The molecular weight excluding hydrogens is 491 g/mol. The van der Waals surface area contributed by atoms with Gasteiger partial charge in [0.05, 0.1) is 24.4 Å². The van der Waals surface area contributed by atoms with Crippen molar-refractivity contribution in [2.75, 3.05) is 0 Å². The minimum Gasteiger partial charge on any atom is -0.399 e. The van der Waals surface area contributed by atoms with Crippen LogP contribution in [0.4, 0.5) is 0 Å². The third kappa shape index (κ3) is 4.66. The summed E-state index contributed by atoms with van der Waals surface area (Å²) >= 11 is 3.48. The fraction of sp³-hybridized carbons (Fsp3) is 0.286. The molecule has 0 aliphatic carbocycles. The molecule has 1 aliphatic rings. The lowest BCUT2D eigenvalue weighted by Crippen LogP contribution is -2.41. The van der Waals surface area contributed by atoms with Gasteiger partial charge in [-0.2, -0.15) is 0 Å². The molecule has 4 nitrogen and oxygen atoms in total. The summed E-state index contributed by atoms with van der Waals surface area (Å²) in [7, 11) is -0.382. The highest BCUT2D eigenvalue weighted by Crippen LogP contribution is 2.37. The number of halogens is 1. The molecule has 0 saturated carbocycles. The van der Waals surface area contributed by atoms with E-state index in [9.17, 15) is 5.11 Å². The molecule has 2 N–H and O–H groups in total. The van der Waals surface area contributed by atoms with Crippen LogP contribution in [-0.4, -0.2) is 28.5 Å². The van der Waals surface area contributed by atoms with E-state index >= 15 is 0 Å². The predicted octanol–water partition coefficient (Wildman–Crippen LogP) is 5.73. The van der Waals surface area contributed by atoms with Crippen molar-refractivity contribution in [3.8, 4) is 0 Å². The molecule has 0 aromatic heterocycles. The lowest BCUT2D eigenvalue weighted by molar-refractivity contribution is 0.00578. The lowest BCUT2D eigenvalue weighted by Gasteiger charge is -2.32. The van der Waals surface area contributed by atoms with Crippen molar-refractivity contribution in [1.29, 1.82) is 0 Å². The Morgan fingerprint density at radius 3 is 1.62 bits per heavy atom. The Hall–Kier alpha value is -2.22. The number of aliphatic hydroxyl groups excluding tert-OH is 2. The van der Waals surface area contributed by atoms with Crippen LogP contribution in [0.5, 0.6) is 0 Å². The fourth-order valence-corrected chi connectivity index (χ4v) is 4.64. The molecule has 4 aromatic rings. The average Bonchev–Trinajstić information content (AvgIpc) is 3.05. The minimum atomic E-state index is -0.382. The zero-order chi connectivity index (χ0) is 24.5. The Labute approximate surface area is 209 Å². The zero-order valence-electron chi connectivity index (χ0n) is 20.0. The van der Waals surface area contributed by atoms with Crippen LogP contribution in [0, 0.1) is 0 Å².